The molecule has 0 aromatic rings. The number of amides is 1. The van der Waals surface area contributed by atoms with Crippen molar-refractivity contribution in [2.75, 3.05) is 19.8 Å². The second kappa shape index (κ2) is 15.3. The van der Waals surface area contributed by atoms with E-state index in [1.54, 1.807) is 6.92 Å². The van der Waals surface area contributed by atoms with Crippen LogP contribution < -0.4 is 5.32 Å². The van der Waals surface area contributed by atoms with Crippen molar-refractivity contribution in [1.29, 1.82) is 0 Å². The minimum atomic E-state index is -1.37. The average molecular weight is 330 g/mol. The average Bonchev–Trinajstić information content (AvgIpc) is 2.49. The normalized spacial score (nSPS) is 10.9. The van der Waals surface area contributed by atoms with Gasteiger partial charge in [0.05, 0.1) is 0 Å². The van der Waals surface area contributed by atoms with Gasteiger partial charge >= 0.3 is 9.28 Å². The maximum atomic E-state index is 11.3. The van der Waals surface area contributed by atoms with Crippen LogP contribution in [0.5, 0.6) is 0 Å². The molecule has 0 aliphatic carbocycles. The molecule has 0 atom stereocenters. The molecule has 0 aliphatic heterocycles. The van der Waals surface area contributed by atoms with Crippen molar-refractivity contribution >= 4 is 15.2 Å². The van der Waals surface area contributed by atoms with Crippen molar-refractivity contribution in [3.8, 4) is 0 Å². The molecule has 0 aliphatic rings. The molecular formula is C17H35NO3Si. The molecule has 0 fully saturated rings. The molecule has 130 valence electrons. The van der Waals surface area contributed by atoms with E-state index in [0.29, 0.717) is 5.57 Å². The van der Waals surface area contributed by atoms with E-state index < -0.39 is 9.28 Å². The Morgan fingerprint density at radius 1 is 0.955 bits per heavy atom. The van der Waals surface area contributed by atoms with Crippen molar-refractivity contribution in [3.63, 3.8) is 0 Å². The lowest BCUT2D eigenvalue weighted by Crippen LogP contribution is -2.24. The molecule has 0 heterocycles. The number of unbranched alkanes of at least 4 members (excludes halogenated alkanes) is 6. The van der Waals surface area contributed by atoms with Crippen LogP contribution in [-0.2, 0) is 13.6 Å². The second-order valence-corrected chi connectivity index (χ2v) is 7.74. The van der Waals surface area contributed by atoms with E-state index in [1.165, 1.54) is 38.5 Å². The van der Waals surface area contributed by atoms with E-state index >= 15 is 0 Å². The zero-order valence-corrected chi connectivity index (χ0v) is 15.9. The monoisotopic (exact) mass is 329 g/mol. The first-order valence-corrected chi connectivity index (χ1v) is 10.5. The zero-order chi connectivity index (χ0) is 16.6. The summed E-state index contributed by atoms with van der Waals surface area (Å²) in [6.45, 7) is 11.8. The van der Waals surface area contributed by atoms with Crippen LogP contribution in [-0.4, -0.2) is 34.9 Å². The summed E-state index contributed by atoms with van der Waals surface area (Å²) in [4.78, 5) is 11.3. The quantitative estimate of drug-likeness (QED) is 0.283. The first-order valence-electron chi connectivity index (χ1n) is 8.78. The Labute approximate surface area is 138 Å². The molecule has 1 amide bonds. The first-order chi connectivity index (χ1) is 10.6. The molecule has 0 rings (SSSR count). The summed E-state index contributed by atoms with van der Waals surface area (Å²) in [7, 11) is -1.37. The SMILES string of the molecule is C=C(C)C(=O)NCCCCCCCCC[SiH](OCC)OCC. The largest absolute Gasteiger partial charge is 0.397 e. The van der Waals surface area contributed by atoms with Crippen LogP contribution in [0.4, 0.5) is 0 Å². The molecule has 0 unspecified atom stereocenters. The van der Waals surface area contributed by atoms with E-state index in [-0.39, 0.29) is 5.91 Å². The minimum Gasteiger partial charge on any atom is -0.397 e. The van der Waals surface area contributed by atoms with Crippen LogP contribution in [0, 0.1) is 0 Å². The van der Waals surface area contributed by atoms with Crippen LogP contribution in [0.3, 0.4) is 0 Å². The molecule has 4 nitrogen and oxygen atoms in total. The molecular weight excluding hydrogens is 294 g/mol. The van der Waals surface area contributed by atoms with Gasteiger partial charge in [0.25, 0.3) is 0 Å². The van der Waals surface area contributed by atoms with Crippen molar-refractivity contribution in [1.82, 2.24) is 5.32 Å². The van der Waals surface area contributed by atoms with Crippen LogP contribution >= 0.6 is 0 Å². The van der Waals surface area contributed by atoms with E-state index in [0.717, 1.165) is 32.2 Å². The molecule has 1 N–H and O–H groups in total. The van der Waals surface area contributed by atoms with E-state index in [2.05, 4.69) is 11.9 Å². The highest BCUT2D eigenvalue weighted by Gasteiger charge is 2.10. The number of carbonyl (C=O) groups excluding carboxylic acids is 1. The summed E-state index contributed by atoms with van der Waals surface area (Å²) >= 11 is 0. The van der Waals surface area contributed by atoms with E-state index in [9.17, 15) is 4.79 Å². The predicted octanol–water partition coefficient (Wildman–Crippen LogP) is 3.70. The highest BCUT2D eigenvalue weighted by molar-refractivity contribution is 6.44. The number of carbonyl (C=O) groups is 1. The minimum absolute atomic E-state index is 0.0256. The summed E-state index contributed by atoms with van der Waals surface area (Å²) in [5.41, 5.74) is 0.584. The van der Waals surface area contributed by atoms with Gasteiger partial charge in [-0.15, -0.1) is 0 Å². The molecule has 0 radical (unpaired) electrons. The van der Waals surface area contributed by atoms with Crippen molar-refractivity contribution in [2.24, 2.45) is 0 Å². The van der Waals surface area contributed by atoms with Gasteiger partial charge in [0.2, 0.25) is 5.91 Å². The fourth-order valence-corrected chi connectivity index (χ4v) is 4.05. The van der Waals surface area contributed by atoms with Gasteiger partial charge in [0.1, 0.15) is 0 Å². The van der Waals surface area contributed by atoms with Crippen molar-refractivity contribution in [2.45, 2.75) is 71.8 Å². The van der Waals surface area contributed by atoms with Gasteiger partial charge in [-0.05, 0) is 33.2 Å². The molecule has 0 bridgehead atoms. The summed E-state index contributed by atoms with van der Waals surface area (Å²) in [6, 6.07) is 1.13. The molecule has 0 saturated carbocycles. The van der Waals surface area contributed by atoms with Crippen LogP contribution in [0.2, 0.25) is 6.04 Å². The molecule has 5 heteroatoms. The summed E-state index contributed by atoms with van der Waals surface area (Å²) in [5.74, 6) is -0.0256. The predicted molar refractivity (Wildman–Crippen MR) is 95.4 cm³/mol. The molecule has 0 saturated heterocycles. The lowest BCUT2D eigenvalue weighted by atomic mass is 10.1. The van der Waals surface area contributed by atoms with Crippen molar-refractivity contribution in [3.05, 3.63) is 12.2 Å². The number of hydrogen-bond acceptors (Lipinski definition) is 3. The summed E-state index contributed by atoms with van der Waals surface area (Å²) in [6.07, 6.45) is 8.57. The summed E-state index contributed by atoms with van der Waals surface area (Å²) < 4.78 is 11.3. The Bertz CT molecular complexity index is 292. The van der Waals surface area contributed by atoms with Gasteiger partial charge < -0.3 is 14.2 Å². The van der Waals surface area contributed by atoms with Gasteiger partial charge in [0.15, 0.2) is 0 Å². The Morgan fingerprint density at radius 2 is 1.45 bits per heavy atom. The highest BCUT2D eigenvalue weighted by atomic mass is 28.3. The number of hydrogen-bond donors (Lipinski definition) is 1. The topological polar surface area (TPSA) is 47.6 Å². The smallest absolute Gasteiger partial charge is 0.321 e. The van der Waals surface area contributed by atoms with Gasteiger partial charge in [0, 0.05) is 25.3 Å². The first kappa shape index (κ1) is 21.3. The Kier molecular flexibility index (Phi) is 14.8. The standard InChI is InChI=1S/C17H35NO3Si/c1-5-20-22(21-6-2)15-13-11-9-7-8-10-12-14-18-17(19)16(3)4/h22H,3,5-15H2,1-2,4H3,(H,18,19). The number of nitrogens with one attached hydrogen (secondary N) is 1. The highest BCUT2D eigenvalue weighted by Crippen LogP contribution is 2.11. The molecule has 22 heavy (non-hydrogen) atoms. The third kappa shape index (κ3) is 13.0. The molecule has 0 spiro atoms. The lowest BCUT2D eigenvalue weighted by molar-refractivity contribution is -0.117. The maximum Gasteiger partial charge on any atom is 0.321 e. The van der Waals surface area contributed by atoms with Crippen LogP contribution in [0.1, 0.15) is 65.7 Å². The summed E-state index contributed by atoms with van der Waals surface area (Å²) in [5, 5.41) is 2.87. The second-order valence-electron chi connectivity index (χ2n) is 5.64. The maximum absolute atomic E-state index is 11.3. The third-order valence-electron chi connectivity index (χ3n) is 3.49. The van der Waals surface area contributed by atoms with E-state index in [4.69, 9.17) is 8.85 Å². The van der Waals surface area contributed by atoms with Crippen LogP contribution in [0.25, 0.3) is 0 Å². The van der Waals surface area contributed by atoms with Gasteiger partial charge in [-0.25, -0.2) is 0 Å². The fourth-order valence-electron chi connectivity index (χ4n) is 2.26. The van der Waals surface area contributed by atoms with Gasteiger partial charge in [-0.1, -0.05) is 45.1 Å². The zero-order valence-electron chi connectivity index (χ0n) is 14.8. The third-order valence-corrected chi connectivity index (χ3v) is 5.78. The van der Waals surface area contributed by atoms with Gasteiger partial charge in [-0.2, -0.15) is 0 Å². The molecule has 0 aromatic carbocycles. The van der Waals surface area contributed by atoms with Gasteiger partial charge in [-0.3, -0.25) is 4.79 Å². The lowest BCUT2D eigenvalue weighted by Gasteiger charge is -2.14. The number of rotatable bonds is 15. The van der Waals surface area contributed by atoms with E-state index in [1.807, 2.05) is 13.8 Å². The Balaban J connectivity index is 3.32. The van der Waals surface area contributed by atoms with Crippen LogP contribution in [0.15, 0.2) is 12.2 Å². The Hall–Kier alpha value is -0.653. The molecule has 0 aromatic heterocycles. The van der Waals surface area contributed by atoms with Crippen molar-refractivity contribution < 1.29 is 13.6 Å². The Morgan fingerprint density at radius 3 is 1.95 bits per heavy atom. The fraction of sp³-hybridized carbons (Fsp3) is 0.824.